The van der Waals surface area contributed by atoms with E-state index < -0.39 is 5.60 Å². The highest BCUT2D eigenvalue weighted by Gasteiger charge is 2.51. The molecule has 3 atom stereocenters. The maximum atomic E-state index is 11.6. The molecule has 1 aromatic rings. The second-order valence-corrected chi connectivity index (χ2v) is 7.79. The van der Waals surface area contributed by atoms with Gasteiger partial charge in [0.2, 0.25) is 0 Å². The van der Waals surface area contributed by atoms with Crippen molar-refractivity contribution in [2.45, 2.75) is 70.8 Å². The van der Waals surface area contributed by atoms with E-state index in [2.05, 4.69) is 31.8 Å². The largest absolute Gasteiger partial charge is 0.389 e. The van der Waals surface area contributed by atoms with Crippen LogP contribution in [0.5, 0.6) is 0 Å². The van der Waals surface area contributed by atoms with Gasteiger partial charge in [0.25, 0.3) is 0 Å². The number of hydrogen-bond donors (Lipinski definition) is 1. The number of hydrogen-bond acceptors (Lipinski definition) is 2. The fourth-order valence-corrected chi connectivity index (χ4v) is 4.68. The Bertz CT molecular complexity index is 490. The van der Waals surface area contributed by atoms with Gasteiger partial charge in [-0.3, -0.25) is 4.98 Å². The number of aliphatic hydroxyl groups is 1. The molecular weight excluding hydrogens is 246 g/mol. The van der Waals surface area contributed by atoms with Crippen LogP contribution in [0, 0.1) is 11.3 Å². The highest BCUT2D eigenvalue weighted by atomic mass is 16.3. The first-order valence-electron chi connectivity index (χ1n) is 8.09. The SMILES string of the molecule is CC(C)(C)C1CCCCC1(O)C1CCc2cccnc21. The van der Waals surface area contributed by atoms with Crippen molar-refractivity contribution in [2.75, 3.05) is 0 Å². The third kappa shape index (κ3) is 2.18. The van der Waals surface area contributed by atoms with E-state index >= 15 is 0 Å². The maximum Gasteiger partial charge on any atom is 0.0764 e. The summed E-state index contributed by atoms with van der Waals surface area (Å²) in [6.07, 6.45) is 8.53. The van der Waals surface area contributed by atoms with Crippen LogP contribution < -0.4 is 0 Å². The van der Waals surface area contributed by atoms with Crippen LogP contribution in [0.15, 0.2) is 18.3 Å². The second kappa shape index (κ2) is 4.84. The van der Waals surface area contributed by atoms with E-state index in [0.717, 1.165) is 32.1 Å². The first-order valence-corrected chi connectivity index (χ1v) is 8.09. The van der Waals surface area contributed by atoms with Gasteiger partial charge in [-0.25, -0.2) is 0 Å². The van der Waals surface area contributed by atoms with E-state index in [-0.39, 0.29) is 11.3 Å². The molecule has 3 unspecified atom stereocenters. The van der Waals surface area contributed by atoms with Gasteiger partial charge in [-0.15, -0.1) is 0 Å². The molecular formula is C18H27NO. The molecule has 1 N–H and O–H groups in total. The summed E-state index contributed by atoms with van der Waals surface area (Å²) in [7, 11) is 0. The molecule has 0 amide bonds. The summed E-state index contributed by atoms with van der Waals surface area (Å²) in [6.45, 7) is 6.84. The van der Waals surface area contributed by atoms with Crippen LogP contribution in [-0.4, -0.2) is 15.7 Å². The molecule has 2 aliphatic rings. The van der Waals surface area contributed by atoms with E-state index in [1.807, 2.05) is 12.3 Å². The zero-order valence-corrected chi connectivity index (χ0v) is 13.0. The topological polar surface area (TPSA) is 33.1 Å². The van der Waals surface area contributed by atoms with Gasteiger partial charge < -0.3 is 5.11 Å². The molecule has 2 aliphatic carbocycles. The first-order chi connectivity index (χ1) is 9.43. The van der Waals surface area contributed by atoms with Crippen LogP contribution in [-0.2, 0) is 6.42 Å². The average molecular weight is 273 g/mol. The van der Waals surface area contributed by atoms with Crippen LogP contribution in [0.3, 0.4) is 0 Å². The Morgan fingerprint density at radius 2 is 2.05 bits per heavy atom. The fraction of sp³-hybridized carbons (Fsp3) is 0.722. The minimum atomic E-state index is -0.559. The van der Waals surface area contributed by atoms with Crippen molar-refractivity contribution in [1.29, 1.82) is 0 Å². The summed E-state index contributed by atoms with van der Waals surface area (Å²) in [4.78, 5) is 4.62. The van der Waals surface area contributed by atoms with E-state index in [1.54, 1.807) is 0 Å². The second-order valence-electron chi connectivity index (χ2n) is 7.79. The van der Waals surface area contributed by atoms with Gasteiger partial charge in [-0.05, 0) is 48.6 Å². The van der Waals surface area contributed by atoms with Crippen molar-refractivity contribution in [3.05, 3.63) is 29.6 Å². The molecule has 20 heavy (non-hydrogen) atoms. The van der Waals surface area contributed by atoms with Gasteiger partial charge in [-0.1, -0.05) is 39.7 Å². The predicted molar refractivity (Wildman–Crippen MR) is 81.7 cm³/mol. The number of rotatable bonds is 1. The minimum absolute atomic E-state index is 0.159. The fourth-order valence-electron chi connectivity index (χ4n) is 4.68. The van der Waals surface area contributed by atoms with Gasteiger partial charge in [0.05, 0.1) is 5.60 Å². The van der Waals surface area contributed by atoms with Crippen molar-refractivity contribution >= 4 is 0 Å². The van der Waals surface area contributed by atoms with Gasteiger partial charge in [0.1, 0.15) is 0 Å². The van der Waals surface area contributed by atoms with E-state index in [9.17, 15) is 5.11 Å². The minimum Gasteiger partial charge on any atom is -0.389 e. The van der Waals surface area contributed by atoms with E-state index in [0.29, 0.717) is 5.92 Å². The zero-order valence-electron chi connectivity index (χ0n) is 13.0. The summed E-state index contributed by atoms with van der Waals surface area (Å²) in [5, 5.41) is 11.6. The molecule has 110 valence electrons. The Morgan fingerprint density at radius 1 is 1.25 bits per heavy atom. The molecule has 0 radical (unpaired) electrons. The van der Waals surface area contributed by atoms with Crippen molar-refractivity contribution in [2.24, 2.45) is 11.3 Å². The van der Waals surface area contributed by atoms with Crippen LogP contribution >= 0.6 is 0 Å². The monoisotopic (exact) mass is 273 g/mol. The summed E-state index contributed by atoms with van der Waals surface area (Å²) in [5.41, 5.74) is 2.12. The van der Waals surface area contributed by atoms with Crippen LogP contribution in [0.25, 0.3) is 0 Å². The zero-order chi connectivity index (χ0) is 14.4. The Labute approximate surface area is 122 Å². The molecule has 3 rings (SSSR count). The van der Waals surface area contributed by atoms with Crippen LogP contribution in [0.1, 0.15) is 70.1 Å². The number of fused-ring (bicyclic) bond motifs is 1. The highest BCUT2D eigenvalue weighted by Crippen LogP contribution is 2.53. The van der Waals surface area contributed by atoms with E-state index in [1.165, 1.54) is 17.7 Å². The highest BCUT2D eigenvalue weighted by molar-refractivity contribution is 5.32. The van der Waals surface area contributed by atoms with Crippen LogP contribution in [0.4, 0.5) is 0 Å². The van der Waals surface area contributed by atoms with Gasteiger partial charge in [0, 0.05) is 17.8 Å². The van der Waals surface area contributed by atoms with Gasteiger partial charge >= 0.3 is 0 Å². The van der Waals surface area contributed by atoms with Crippen molar-refractivity contribution in [1.82, 2.24) is 4.98 Å². The first kappa shape index (κ1) is 14.1. The third-order valence-electron chi connectivity index (χ3n) is 5.53. The lowest BCUT2D eigenvalue weighted by atomic mass is 9.59. The summed E-state index contributed by atoms with van der Waals surface area (Å²) >= 11 is 0. The van der Waals surface area contributed by atoms with Crippen molar-refractivity contribution < 1.29 is 5.11 Å². The third-order valence-corrected chi connectivity index (χ3v) is 5.53. The van der Waals surface area contributed by atoms with Crippen molar-refractivity contribution in [3.8, 4) is 0 Å². The Hall–Kier alpha value is -0.890. The molecule has 1 saturated carbocycles. The molecule has 1 heterocycles. The molecule has 0 spiro atoms. The molecule has 1 fully saturated rings. The number of aryl methyl sites for hydroxylation is 1. The quantitative estimate of drug-likeness (QED) is 0.836. The molecule has 1 aromatic heterocycles. The number of aromatic nitrogens is 1. The lowest BCUT2D eigenvalue weighted by molar-refractivity contribution is -0.109. The molecule has 2 heteroatoms. The molecule has 0 bridgehead atoms. The average Bonchev–Trinajstić information content (AvgIpc) is 2.82. The smallest absolute Gasteiger partial charge is 0.0764 e. The standard InChI is InChI=1S/C18H27NO/c1-17(2,3)15-8-4-5-11-18(15,20)14-10-9-13-7-6-12-19-16(13)14/h6-7,12,14-15,20H,4-5,8-11H2,1-3H3. The maximum absolute atomic E-state index is 11.6. The molecule has 0 aliphatic heterocycles. The number of nitrogens with zero attached hydrogens (tertiary/aromatic N) is 1. The lowest BCUT2D eigenvalue weighted by Crippen LogP contribution is -2.50. The Morgan fingerprint density at radius 3 is 2.80 bits per heavy atom. The van der Waals surface area contributed by atoms with Crippen molar-refractivity contribution in [3.63, 3.8) is 0 Å². The summed E-state index contributed by atoms with van der Waals surface area (Å²) < 4.78 is 0. The molecule has 0 saturated heterocycles. The van der Waals surface area contributed by atoms with Crippen LogP contribution in [0.2, 0.25) is 0 Å². The molecule has 0 aromatic carbocycles. The Balaban J connectivity index is 1.98. The van der Waals surface area contributed by atoms with Gasteiger partial charge in [0.15, 0.2) is 0 Å². The normalized spacial score (nSPS) is 34.0. The summed E-state index contributed by atoms with van der Waals surface area (Å²) in [5.74, 6) is 0.616. The number of pyridine rings is 1. The predicted octanol–water partition coefficient (Wildman–Crippen LogP) is 4.08. The molecule has 2 nitrogen and oxygen atoms in total. The lowest BCUT2D eigenvalue weighted by Gasteiger charge is -2.50. The summed E-state index contributed by atoms with van der Waals surface area (Å²) in [6, 6.07) is 4.20. The van der Waals surface area contributed by atoms with Gasteiger partial charge in [-0.2, -0.15) is 0 Å². The Kier molecular flexibility index (Phi) is 3.40. The van der Waals surface area contributed by atoms with E-state index in [4.69, 9.17) is 0 Å².